The molecular weight excluding hydrogens is 322 g/mol. The molecule has 0 spiro atoms. The molecule has 1 amide bonds. The van der Waals surface area contributed by atoms with Gasteiger partial charge in [0.05, 0.1) is 11.7 Å². The van der Waals surface area contributed by atoms with Crippen molar-refractivity contribution in [2.45, 2.75) is 20.4 Å². The number of aromatic nitrogens is 2. The molecule has 2 heterocycles. The van der Waals surface area contributed by atoms with Crippen molar-refractivity contribution in [3.8, 4) is 0 Å². The Bertz CT molecular complexity index is 1070. The third-order valence-corrected chi connectivity index (χ3v) is 4.01. The molecule has 0 aliphatic rings. The van der Waals surface area contributed by atoms with Crippen molar-refractivity contribution in [2.24, 2.45) is 0 Å². The molecule has 0 saturated carbocycles. The van der Waals surface area contributed by atoms with Crippen LogP contribution in [0, 0.1) is 13.8 Å². The summed E-state index contributed by atoms with van der Waals surface area (Å²) in [6, 6.07) is 7.90. The van der Waals surface area contributed by atoms with Crippen molar-refractivity contribution >= 4 is 16.9 Å². The highest BCUT2D eigenvalue weighted by molar-refractivity contribution is 5.93. The molecule has 0 fully saturated rings. The van der Waals surface area contributed by atoms with Gasteiger partial charge in [-0.1, -0.05) is 12.1 Å². The van der Waals surface area contributed by atoms with E-state index in [1.54, 1.807) is 38.1 Å². The highest BCUT2D eigenvalue weighted by atomic mass is 16.3. The Hall–Kier alpha value is -3.22. The quantitative estimate of drug-likeness (QED) is 0.775. The maximum Gasteiger partial charge on any atom is 0.287 e. The predicted molar refractivity (Wildman–Crippen MR) is 92.8 cm³/mol. The molecule has 0 aliphatic carbocycles. The molecule has 1 aromatic carbocycles. The molecule has 7 nitrogen and oxygen atoms in total. The molecule has 0 saturated heterocycles. The van der Waals surface area contributed by atoms with Gasteiger partial charge in [-0.25, -0.2) is 4.98 Å². The molecule has 0 atom stereocenters. The number of nitrogens with one attached hydrogen (secondary N) is 1. The van der Waals surface area contributed by atoms with Crippen molar-refractivity contribution in [3.63, 3.8) is 0 Å². The number of hydrogen-bond acceptors (Lipinski definition) is 5. The van der Waals surface area contributed by atoms with E-state index in [0.717, 1.165) is 0 Å². The first-order chi connectivity index (χ1) is 12.0. The van der Waals surface area contributed by atoms with Crippen LogP contribution in [0.4, 0.5) is 0 Å². The molecule has 0 unspecified atom stereocenters. The summed E-state index contributed by atoms with van der Waals surface area (Å²) >= 11 is 0. The zero-order chi connectivity index (χ0) is 18.0. The van der Waals surface area contributed by atoms with Crippen molar-refractivity contribution in [1.29, 1.82) is 0 Å². The van der Waals surface area contributed by atoms with Crippen molar-refractivity contribution in [2.75, 3.05) is 6.54 Å². The smallest absolute Gasteiger partial charge is 0.287 e. The molecule has 128 valence electrons. The fourth-order valence-corrected chi connectivity index (χ4v) is 2.43. The summed E-state index contributed by atoms with van der Waals surface area (Å²) in [5, 5.41) is 3.06. The van der Waals surface area contributed by atoms with Crippen LogP contribution in [-0.4, -0.2) is 22.0 Å². The van der Waals surface area contributed by atoms with Gasteiger partial charge in [0.25, 0.3) is 11.5 Å². The topological polar surface area (TPSA) is 94.2 Å². The highest BCUT2D eigenvalue weighted by Gasteiger charge is 2.12. The number of hydrogen-bond donors (Lipinski definition) is 1. The minimum Gasteiger partial charge on any atom is -0.451 e. The van der Waals surface area contributed by atoms with Crippen LogP contribution in [0.25, 0.3) is 11.0 Å². The van der Waals surface area contributed by atoms with Gasteiger partial charge in [-0.3, -0.25) is 19.0 Å². The minimum atomic E-state index is -0.507. The lowest BCUT2D eigenvalue weighted by molar-refractivity contribution is 0.0925. The first-order valence-corrected chi connectivity index (χ1v) is 7.81. The summed E-state index contributed by atoms with van der Waals surface area (Å²) < 4.78 is 6.90. The molecule has 3 aromatic rings. The van der Waals surface area contributed by atoms with E-state index in [-0.39, 0.29) is 29.8 Å². The standard InChI is InChI=1S/C18H17N3O4/c1-11-12(2)20-10-21(18(11)24)8-7-19-17(23)16-9-14(22)13-5-3-4-6-15(13)25-16/h3-6,9-10H,7-8H2,1-2H3,(H,19,23). The van der Waals surface area contributed by atoms with E-state index in [4.69, 9.17) is 4.42 Å². The van der Waals surface area contributed by atoms with Crippen LogP contribution in [0.3, 0.4) is 0 Å². The first-order valence-electron chi connectivity index (χ1n) is 7.81. The summed E-state index contributed by atoms with van der Waals surface area (Å²) in [5.74, 6) is -0.568. The molecule has 0 radical (unpaired) electrons. The van der Waals surface area contributed by atoms with Crippen LogP contribution in [0.1, 0.15) is 21.8 Å². The molecule has 7 heteroatoms. The lowest BCUT2D eigenvalue weighted by Crippen LogP contribution is -2.32. The molecule has 0 bridgehead atoms. The number of carbonyl (C=O) groups excluding carboxylic acids is 1. The zero-order valence-electron chi connectivity index (χ0n) is 13.9. The van der Waals surface area contributed by atoms with E-state index in [2.05, 4.69) is 10.3 Å². The summed E-state index contributed by atoms with van der Waals surface area (Å²) in [4.78, 5) is 40.4. The average Bonchev–Trinajstić information content (AvgIpc) is 2.61. The van der Waals surface area contributed by atoms with Gasteiger partial charge in [-0.15, -0.1) is 0 Å². The number of aryl methyl sites for hydroxylation is 1. The van der Waals surface area contributed by atoms with Crippen LogP contribution >= 0.6 is 0 Å². The molecular formula is C18H17N3O4. The summed E-state index contributed by atoms with van der Waals surface area (Å²) in [6.07, 6.45) is 1.45. The summed E-state index contributed by atoms with van der Waals surface area (Å²) in [5.41, 5.74) is 1.20. The van der Waals surface area contributed by atoms with E-state index < -0.39 is 5.91 Å². The SMILES string of the molecule is Cc1ncn(CCNC(=O)c2cc(=O)c3ccccc3o2)c(=O)c1C. The van der Waals surface area contributed by atoms with Crippen LogP contribution in [0.15, 0.2) is 50.7 Å². The number of rotatable bonds is 4. The maximum atomic E-state index is 12.2. The highest BCUT2D eigenvalue weighted by Crippen LogP contribution is 2.11. The first kappa shape index (κ1) is 16.6. The second kappa shape index (κ2) is 6.72. The Kier molecular flexibility index (Phi) is 4.47. The molecule has 2 aromatic heterocycles. The maximum absolute atomic E-state index is 12.2. The second-order valence-corrected chi connectivity index (χ2v) is 5.68. The Morgan fingerprint density at radius 2 is 2.00 bits per heavy atom. The average molecular weight is 339 g/mol. The normalized spacial score (nSPS) is 10.8. The van der Waals surface area contributed by atoms with Crippen molar-refractivity contribution < 1.29 is 9.21 Å². The number of carbonyl (C=O) groups is 1. The van der Waals surface area contributed by atoms with Gasteiger partial charge in [0, 0.05) is 30.4 Å². The molecule has 1 N–H and O–H groups in total. The Balaban J connectivity index is 1.72. The van der Waals surface area contributed by atoms with Crippen LogP contribution in [0.2, 0.25) is 0 Å². The molecule has 3 rings (SSSR count). The third kappa shape index (κ3) is 3.35. The van der Waals surface area contributed by atoms with E-state index in [1.165, 1.54) is 17.0 Å². The molecule has 0 aliphatic heterocycles. The Morgan fingerprint density at radius 1 is 1.24 bits per heavy atom. The number of amides is 1. The minimum absolute atomic E-state index is 0.0609. The van der Waals surface area contributed by atoms with Gasteiger partial charge < -0.3 is 9.73 Å². The fraction of sp³-hybridized carbons (Fsp3) is 0.222. The van der Waals surface area contributed by atoms with Gasteiger partial charge >= 0.3 is 0 Å². The van der Waals surface area contributed by atoms with Gasteiger partial charge in [0.1, 0.15) is 5.58 Å². The second-order valence-electron chi connectivity index (χ2n) is 5.68. The largest absolute Gasteiger partial charge is 0.451 e. The lowest BCUT2D eigenvalue weighted by Gasteiger charge is -2.09. The Morgan fingerprint density at radius 3 is 2.80 bits per heavy atom. The van der Waals surface area contributed by atoms with Crippen LogP contribution in [0.5, 0.6) is 0 Å². The van der Waals surface area contributed by atoms with Crippen molar-refractivity contribution in [1.82, 2.24) is 14.9 Å². The van der Waals surface area contributed by atoms with Crippen LogP contribution < -0.4 is 16.3 Å². The van der Waals surface area contributed by atoms with Gasteiger partial charge in [0.15, 0.2) is 11.2 Å². The van der Waals surface area contributed by atoms with E-state index in [9.17, 15) is 14.4 Å². The van der Waals surface area contributed by atoms with E-state index in [1.807, 2.05) is 0 Å². The van der Waals surface area contributed by atoms with E-state index in [0.29, 0.717) is 22.2 Å². The number of nitrogens with zero attached hydrogens (tertiary/aromatic N) is 2. The number of fused-ring (bicyclic) bond motifs is 1. The van der Waals surface area contributed by atoms with Crippen LogP contribution in [-0.2, 0) is 6.54 Å². The Labute approximate surface area is 142 Å². The van der Waals surface area contributed by atoms with Gasteiger partial charge in [0.2, 0.25) is 0 Å². The number of benzene rings is 1. The summed E-state index contributed by atoms with van der Waals surface area (Å²) in [7, 11) is 0. The zero-order valence-corrected chi connectivity index (χ0v) is 13.9. The number of para-hydroxylation sites is 1. The third-order valence-electron chi connectivity index (χ3n) is 4.01. The lowest BCUT2D eigenvalue weighted by atomic mass is 10.2. The van der Waals surface area contributed by atoms with E-state index >= 15 is 0 Å². The van der Waals surface area contributed by atoms with Gasteiger partial charge in [-0.05, 0) is 26.0 Å². The molecule has 25 heavy (non-hydrogen) atoms. The monoisotopic (exact) mass is 339 g/mol. The predicted octanol–water partition coefficient (Wildman–Crippen LogP) is 1.40. The van der Waals surface area contributed by atoms with Crippen molar-refractivity contribution in [3.05, 3.63) is 74.3 Å². The van der Waals surface area contributed by atoms with Gasteiger partial charge in [-0.2, -0.15) is 0 Å². The fourth-order valence-electron chi connectivity index (χ4n) is 2.43. The summed E-state index contributed by atoms with van der Waals surface area (Å²) in [6.45, 7) is 3.96.